The van der Waals surface area contributed by atoms with Crippen LogP contribution >= 0.6 is 12.4 Å². The molecule has 0 bridgehead atoms. The van der Waals surface area contributed by atoms with Crippen LogP contribution in [0.2, 0.25) is 0 Å². The summed E-state index contributed by atoms with van der Waals surface area (Å²) in [5.41, 5.74) is 6.29. The second-order valence-corrected chi connectivity index (χ2v) is 4.76. The van der Waals surface area contributed by atoms with Crippen LogP contribution < -0.4 is 10.6 Å². The van der Waals surface area contributed by atoms with Crippen LogP contribution in [0.15, 0.2) is 18.3 Å². The minimum atomic E-state index is -0.436. The summed E-state index contributed by atoms with van der Waals surface area (Å²) in [6, 6.07) is 3.00. The third-order valence-electron chi connectivity index (χ3n) is 2.81. The zero-order valence-electron chi connectivity index (χ0n) is 12.8. The molecule has 0 amide bonds. The number of aromatic nitrogens is 4. The topological polar surface area (TPSA) is 99.2 Å². The number of rotatable bonds is 4. The van der Waals surface area contributed by atoms with Crippen LogP contribution in [0.3, 0.4) is 0 Å². The Balaban J connectivity index is 0.00000242. The van der Waals surface area contributed by atoms with Crippen LogP contribution in [0.4, 0.5) is 5.95 Å². The molecule has 2 aromatic heterocycles. The van der Waals surface area contributed by atoms with Crippen molar-refractivity contribution in [2.24, 2.45) is 5.73 Å². The number of pyridine rings is 1. The number of hydrogen-bond donors (Lipinski definition) is 1. The number of esters is 1. The van der Waals surface area contributed by atoms with Crippen LogP contribution in [-0.2, 0) is 4.74 Å². The molecule has 0 aliphatic carbocycles. The molecule has 0 saturated carbocycles. The summed E-state index contributed by atoms with van der Waals surface area (Å²) in [5.74, 6) is 1.24. The Morgan fingerprint density at radius 3 is 2.55 bits per heavy atom. The number of carbonyl (C=O) groups excluding carboxylic acids is 1. The number of anilines is 1. The highest BCUT2D eigenvalue weighted by Crippen LogP contribution is 2.16. The number of carbonyl (C=O) groups is 1. The SMILES string of the molecule is COC(=O)c1ccc(-n2nc(N(C)C)nc2C(C)N)nc1.Cl. The highest BCUT2D eigenvalue weighted by molar-refractivity contribution is 5.88. The molecule has 0 spiro atoms. The Bertz CT molecular complexity index is 638. The third-order valence-corrected chi connectivity index (χ3v) is 2.81. The van der Waals surface area contributed by atoms with Gasteiger partial charge in [0.05, 0.1) is 18.7 Å². The first kappa shape index (κ1) is 17.9. The van der Waals surface area contributed by atoms with E-state index in [9.17, 15) is 4.79 Å². The van der Waals surface area contributed by atoms with Gasteiger partial charge < -0.3 is 15.4 Å². The van der Waals surface area contributed by atoms with Gasteiger partial charge in [0, 0.05) is 20.3 Å². The first-order chi connectivity index (χ1) is 9.93. The summed E-state index contributed by atoms with van der Waals surface area (Å²) in [6.45, 7) is 1.82. The van der Waals surface area contributed by atoms with E-state index in [1.165, 1.54) is 13.3 Å². The molecule has 120 valence electrons. The van der Waals surface area contributed by atoms with Crippen LogP contribution in [-0.4, -0.2) is 46.9 Å². The van der Waals surface area contributed by atoms with Crippen molar-refractivity contribution in [2.75, 3.05) is 26.1 Å². The Morgan fingerprint density at radius 2 is 2.09 bits per heavy atom. The Kier molecular flexibility index (Phi) is 5.84. The Morgan fingerprint density at radius 1 is 1.41 bits per heavy atom. The number of methoxy groups -OCH3 is 1. The van der Waals surface area contributed by atoms with Crippen LogP contribution in [0.5, 0.6) is 0 Å². The molecule has 2 N–H and O–H groups in total. The smallest absolute Gasteiger partial charge is 0.339 e. The van der Waals surface area contributed by atoms with E-state index in [2.05, 4.69) is 19.8 Å². The van der Waals surface area contributed by atoms with E-state index in [0.29, 0.717) is 23.2 Å². The van der Waals surface area contributed by atoms with E-state index in [1.54, 1.807) is 21.7 Å². The van der Waals surface area contributed by atoms with E-state index >= 15 is 0 Å². The molecule has 1 unspecified atom stereocenters. The van der Waals surface area contributed by atoms with Crippen molar-refractivity contribution >= 4 is 24.3 Å². The third kappa shape index (κ3) is 3.52. The minimum absolute atomic E-state index is 0. The van der Waals surface area contributed by atoms with E-state index in [0.717, 1.165) is 0 Å². The maximum Gasteiger partial charge on any atom is 0.339 e. The number of nitrogens with two attached hydrogens (primary N) is 1. The zero-order valence-corrected chi connectivity index (χ0v) is 13.7. The lowest BCUT2D eigenvalue weighted by Crippen LogP contribution is -2.14. The van der Waals surface area contributed by atoms with E-state index in [-0.39, 0.29) is 18.4 Å². The largest absolute Gasteiger partial charge is 0.465 e. The second-order valence-electron chi connectivity index (χ2n) is 4.76. The second kappa shape index (κ2) is 7.19. The predicted octanol–water partition coefficient (Wildman–Crippen LogP) is 0.956. The van der Waals surface area contributed by atoms with Crippen LogP contribution in [0, 0.1) is 0 Å². The number of nitrogens with zero attached hydrogens (tertiary/aromatic N) is 5. The number of ether oxygens (including phenoxy) is 1. The van der Waals surface area contributed by atoms with Gasteiger partial charge in [-0.2, -0.15) is 9.67 Å². The normalized spacial score (nSPS) is 11.5. The average molecular weight is 327 g/mol. The van der Waals surface area contributed by atoms with E-state index in [1.807, 2.05) is 21.0 Å². The standard InChI is InChI=1S/C13H18N6O2.ClH/c1-8(14)11-16-13(18(2)3)17-19(11)10-6-5-9(7-15-10)12(20)21-4;/h5-8H,14H2,1-4H3;1H. The summed E-state index contributed by atoms with van der Waals surface area (Å²) >= 11 is 0. The molecule has 2 aromatic rings. The Hall–Kier alpha value is -2.19. The van der Waals surface area contributed by atoms with Crippen molar-refractivity contribution in [1.82, 2.24) is 19.7 Å². The summed E-state index contributed by atoms with van der Waals surface area (Å²) in [5, 5.41) is 4.37. The van der Waals surface area contributed by atoms with Crippen molar-refractivity contribution < 1.29 is 9.53 Å². The summed E-state index contributed by atoms with van der Waals surface area (Å²) in [7, 11) is 5.02. The van der Waals surface area contributed by atoms with Crippen LogP contribution in [0.1, 0.15) is 29.1 Å². The van der Waals surface area contributed by atoms with Gasteiger partial charge in [0.25, 0.3) is 0 Å². The zero-order chi connectivity index (χ0) is 15.6. The summed E-state index contributed by atoms with van der Waals surface area (Å²) in [6.07, 6.45) is 1.43. The molecular formula is C13H19ClN6O2. The van der Waals surface area contributed by atoms with Gasteiger partial charge in [-0.05, 0) is 19.1 Å². The van der Waals surface area contributed by atoms with Gasteiger partial charge in [-0.1, -0.05) is 0 Å². The average Bonchev–Trinajstić information content (AvgIpc) is 2.92. The van der Waals surface area contributed by atoms with Crippen molar-refractivity contribution in [2.45, 2.75) is 13.0 Å². The van der Waals surface area contributed by atoms with E-state index in [4.69, 9.17) is 5.73 Å². The van der Waals surface area contributed by atoms with Crippen molar-refractivity contribution in [3.05, 3.63) is 29.7 Å². The molecule has 0 fully saturated rings. The lowest BCUT2D eigenvalue weighted by molar-refractivity contribution is 0.0600. The molecule has 1 atom stereocenters. The molecule has 0 radical (unpaired) electrons. The molecule has 0 aliphatic heterocycles. The highest BCUT2D eigenvalue weighted by atomic mass is 35.5. The molecule has 8 nitrogen and oxygen atoms in total. The lowest BCUT2D eigenvalue weighted by Gasteiger charge is -2.07. The predicted molar refractivity (Wildman–Crippen MR) is 84.7 cm³/mol. The van der Waals surface area contributed by atoms with Gasteiger partial charge in [0.1, 0.15) is 0 Å². The molecular weight excluding hydrogens is 308 g/mol. The molecule has 2 heterocycles. The van der Waals surface area contributed by atoms with E-state index < -0.39 is 5.97 Å². The fourth-order valence-corrected chi connectivity index (χ4v) is 1.72. The van der Waals surface area contributed by atoms with Gasteiger partial charge in [-0.15, -0.1) is 17.5 Å². The van der Waals surface area contributed by atoms with Gasteiger partial charge in [0.15, 0.2) is 11.6 Å². The molecule has 0 aromatic carbocycles. The lowest BCUT2D eigenvalue weighted by atomic mass is 10.3. The molecule has 2 rings (SSSR count). The highest BCUT2D eigenvalue weighted by Gasteiger charge is 2.17. The molecule has 0 saturated heterocycles. The maximum atomic E-state index is 11.4. The number of halogens is 1. The van der Waals surface area contributed by atoms with Gasteiger partial charge in [0.2, 0.25) is 5.95 Å². The quantitative estimate of drug-likeness (QED) is 0.835. The first-order valence-electron chi connectivity index (χ1n) is 6.38. The monoisotopic (exact) mass is 326 g/mol. The number of hydrogen-bond acceptors (Lipinski definition) is 7. The van der Waals surface area contributed by atoms with Crippen molar-refractivity contribution in [1.29, 1.82) is 0 Å². The molecule has 9 heteroatoms. The summed E-state index contributed by atoms with van der Waals surface area (Å²) < 4.78 is 6.21. The van der Waals surface area contributed by atoms with Gasteiger partial charge in [-0.3, -0.25) is 0 Å². The fourth-order valence-electron chi connectivity index (χ4n) is 1.72. The van der Waals surface area contributed by atoms with Gasteiger partial charge in [-0.25, -0.2) is 9.78 Å². The maximum absolute atomic E-state index is 11.4. The van der Waals surface area contributed by atoms with Crippen LogP contribution in [0.25, 0.3) is 5.82 Å². The first-order valence-corrected chi connectivity index (χ1v) is 6.38. The fraction of sp³-hybridized carbons (Fsp3) is 0.385. The van der Waals surface area contributed by atoms with Gasteiger partial charge >= 0.3 is 5.97 Å². The Labute approximate surface area is 134 Å². The van der Waals surface area contributed by atoms with Crippen molar-refractivity contribution in [3.8, 4) is 5.82 Å². The summed E-state index contributed by atoms with van der Waals surface area (Å²) in [4.78, 5) is 21.8. The minimum Gasteiger partial charge on any atom is -0.465 e. The van der Waals surface area contributed by atoms with Crippen molar-refractivity contribution in [3.63, 3.8) is 0 Å². The molecule has 22 heavy (non-hydrogen) atoms. The molecule has 0 aliphatic rings.